The van der Waals surface area contributed by atoms with E-state index < -0.39 is 0 Å². The number of ether oxygens (including phenoxy) is 3. The predicted molar refractivity (Wildman–Crippen MR) is 149 cm³/mol. The van der Waals surface area contributed by atoms with Gasteiger partial charge in [0.05, 0.1) is 35.9 Å². The molecular weight excluding hydrogens is 484 g/mol. The number of aromatic nitrogens is 2. The third-order valence-electron chi connectivity index (χ3n) is 6.50. The summed E-state index contributed by atoms with van der Waals surface area (Å²) in [5.74, 6) is 2.69. The number of para-hydroxylation sites is 3. The first kappa shape index (κ1) is 24.8. The van der Waals surface area contributed by atoms with Gasteiger partial charge < -0.3 is 14.2 Å². The lowest BCUT2D eigenvalue weighted by atomic mass is 9.98. The Labute approximate surface area is 219 Å². The van der Waals surface area contributed by atoms with E-state index in [1.807, 2.05) is 60.7 Å². The fourth-order valence-electron chi connectivity index (χ4n) is 4.32. The molecule has 0 aliphatic rings. The van der Waals surface area contributed by atoms with Crippen LogP contribution in [0, 0.1) is 0 Å². The van der Waals surface area contributed by atoms with Gasteiger partial charge in [0, 0.05) is 6.42 Å². The van der Waals surface area contributed by atoms with Crippen molar-refractivity contribution in [2.45, 2.75) is 32.6 Å². The second-order valence-electron chi connectivity index (χ2n) is 8.94. The monoisotopic (exact) mass is 514 g/mol. The van der Waals surface area contributed by atoms with Crippen molar-refractivity contribution in [3.63, 3.8) is 0 Å². The molecule has 1 atom stereocenters. The largest absolute Gasteiger partial charge is 0.493 e. The number of hydrogen-bond acceptors (Lipinski definition) is 6. The summed E-state index contributed by atoms with van der Waals surface area (Å²) >= 11 is 1.38. The number of nitrogens with zero attached hydrogens (tertiary/aromatic N) is 2. The number of hydrogen-bond donors (Lipinski definition) is 0. The Morgan fingerprint density at radius 2 is 1.73 bits per heavy atom. The summed E-state index contributed by atoms with van der Waals surface area (Å²) in [6.45, 7) is 5.48. The van der Waals surface area contributed by atoms with Crippen molar-refractivity contribution in [2.75, 3.05) is 20.3 Å². The van der Waals surface area contributed by atoms with Gasteiger partial charge in [0.25, 0.3) is 5.56 Å². The summed E-state index contributed by atoms with van der Waals surface area (Å²) in [5, 5.41) is 0. The first-order chi connectivity index (χ1) is 18.1. The van der Waals surface area contributed by atoms with Crippen molar-refractivity contribution in [2.24, 2.45) is 0 Å². The van der Waals surface area contributed by atoms with Crippen LogP contribution in [0.2, 0.25) is 0 Å². The number of methoxy groups -OCH3 is 1. The standard InChI is InChI=1S/C30H30N2O4S/c1-4-20(2)22-10-5-8-13-25(22)35-16-9-17-36-26-15-14-21(18-27(26)34-3)19-28-29(33)32-24-12-7-6-11-23(24)31-30(32)37-28/h5-8,10-15,18-20H,4,9,16-17H2,1-3H3/b28-19-/t20-/m0/s1. The molecule has 0 bridgehead atoms. The van der Waals surface area contributed by atoms with Gasteiger partial charge >= 0.3 is 0 Å². The van der Waals surface area contributed by atoms with E-state index in [4.69, 9.17) is 14.2 Å². The lowest BCUT2D eigenvalue weighted by molar-refractivity contribution is 0.239. The molecule has 0 spiro atoms. The van der Waals surface area contributed by atoms with E-state index in [-0.39, 0.29) is 5.56 Å². The number of rotatable bonds is 10. The Balaban J connectivity index is 1.25. The van der Waals surface area contributed by atoms with Gasteiger partial charge in [-0.1, -0.05) is 61.6 Å². The molecule has 0 aliphatic carbocycles. The Hall–Kier alpha value is -3.84. The van der Waals surface area contributed by atoms with Gasteiger partial charge in [-0.15, -0.1) is 0 Å². The minimum absolute atomic E-state index is 0.0668. The first-order valence-corrected chi connectivity index (χ1v) is 13.3. The normalized spacial score (nSPS) is 12.8. The zero-order chi connectivity index (χ0) is 25.8. The van der Waals surface area contributed by atoms with E-state index in [1.54, 1.807) is 11.5 Å². The van der Waals surface area contributed by atoms with Crippen LogP contribution >= 0.6 is 11.3 Å². The summed E-state index contributed by atoms with van der Waals surface area (Å²) in [6.07, 6.45) is 3.68. The average Bonchev–Trinajstić information content (AvgIpc) is 3.44. The highest BCUT2D eigenvalue weighted by Gasteiger charge is 2.12. The minimum atomic E-state index is -0.0668. The van der Waals surface area contributed by atoms with E-state index in [9.17, 15) is 4.79 Å². The summed E-state index contributed by atoms with van der Waals surface area (Å²) in [7, 11) is 1.62. The van der Waals surface area contributed by atoms with Gasteiger partial charge in [0.15, 0.2) is 16.5 Å². The fraction of sp³-hybridized carbons (Fsp3) is 0.267. The van der Waals surface area contributed by atoms with Crippen LogP contribution in [0.4, 0.5) is 0 Å². The number of fused-ring (bicyclic) bond motifs is 3. The van der Waals surface area contributed by atoms with Gasteiger partial charge in [0.2, 0.25) is 0 Å². The molecule has 0 aliphatic heterocycles. The highest BCUT2D eigenvalue weighted by molar-refractivity contribution is 7.15. The summed E-state index contributed by atoms with van der Waals surface area (Å²) in [4.78, 5) is 18.3. The zero-order valence-electron chi connectivity index (χ0n) is 21.3. The average molecular weight is 515 g/mol. The van der Waals surface area contributed by atoms with Crippen molar-refractivity contribution in [1.29, 1.82) is 0 Å². The van der Waals surface area contributed by atoms with Gasteiger partial charge in [-0.05, 0) is 59.9 Å². The van der Waals surface area contributed by atoms with Crippen molar-refractivity contribution in [3.8, 4) is 17.2 Å². The van der Waals surface area contributed by atoms with E-state index in [2.05, 4.69) is 31.0 Å². The molecule has 0 amide bonds. The van der Waals surface area contributed by atoms with E-state index in [0.29, 0.717) is 40.1 Å². The van der Waals surface area contributed by atoms with Crippen molar-refractivity contribution in [3.05, 3.63) is 92.7 Å². The molecule has 0 fully saturated rings. The SMILES string of the molecule is CC[C@H](C)c1ccccc1OCCCOc1ccc(/C=c2\sc3nc4ccccc4n3c2=O)cc1OC. The van der Waals surface area contributed by atoms with E-state index >= 15 is 0 Å². The highest BCUT2D eigenvalue weighted by Crippen LogP contribution is 2.30. The molecule has 0 N–H and O–H groups in total. The van der Waals surface area contributed by atoms with Crippen LogP contribution in [0.15, 0.2) is 71.5 Å². The Morgan fingerprint density at radius 3 is 2.54 bits per heavy atom. The van der Waals surface area contributed by atoms with Crippen LogP contribution in [-0.4, -0.2) is 29.7 Å². The van der Waals surface area contributed by atoms with E-state index in [0.717, 1.165) is 35.2 Å². The fourth-order valence-corrected chi connectivity index (χ4v) is 5.31. The lowest BCUT2D eigenvalue weighted by Gasteiger charge is -2.16. The smallest absolute Gasteiger partial charge is 0.274 e. The number of imidazole rings is 1. The van der Waals surface area contributed by atoms with Gasteiger partial charge in [-0.25, -0.2) is 9.38 Å². The minimum Gasteiger partial charge on any atom is -0.493 e. The summed E-state index contributed by atoms with van der Waals surface area (Å²) in [6, 6.07) is 21.6. The maximum atomic E-state index is 13.0. The second-order valence-corrected chi connectivity index (χ2v) is 9.95. The van der Waals surface area contributed by atoms with Gasteiger partial charge in [-0.3, -0.25) is 4.79 Å². The summed E-state index contributed by atoms with van der Waals surface area (Å²) < 4.78 is 19.9. The Kier molecular flexibility index (Phi) is 7.42. The molecule has 5 aromatic rings. The van der Waals surface area contributed by atoms with Crippen LogP contribution in [-0.2, 0) is 0 Å². The lowest BCUT2D eigenvalue weighted by Crippen LogP contribution is -2.22. The third-order valence-corrected chi connectivity index (χ3v) is 7.47. The predicted octanol–water partition coefficient (Wildman–Crippen LogP) is 5.83. The van der Waals surface area contributed by atoms with Crippen LogP contribution in [0.5, 0.6) is 17.2 Å². The quantitative estimate of drug-likeness (QED) is 0.220. The third kappa shape index (κ3) is 5.18. The maximum Gasteiger partial charge on any atom is 0.274 e. The van der Waals surface area contributed by atoms with Crippen LogP contribution in [0.1, 0.15) is 43.7 Å². The molecule has 0 unspecified atom stereocenters. The molecule has 0 radical (unpaired) electrons. The van der Waals surface area contributed by atoms with Crippen LogP contribution < -0.4 is 24.3 Å². The number of thiazole rings is 1. The molecule has 2 aromatic heterocycles. The second kappa shape index (κ2) is 11.0. The Bertz CT molecular complexity index is 1640. The van der Waals surface area contributed by atoms with Crippen molar-refractivity contribution < 1.29 is 14.2 Å². The molecule has 7 heteroatoms. The molecule has 0 saturated heterocycles. The first-order valence-electron chi connectivity index (χ1n) is 12.5. The molecule has 3 aromatic carbocycles. The molecule has 5 rings (SSSR count). The highest BCUT2D eigenvalue weighted by atomic mass is 32.1. The maximum absolute atomic E-state index is 13.0. The number of benzene rings is 3. The Morgan fingerprint density at radius 1 is 0.973 bits per heavy atom. The molecule has 37 heavy (non-hydrogen) atoms. The topological polar surface area (TPSA) is 62.1 Å². The molecule has 6 nitrogen and oxygen atoms in total. The van der Waals surface area contributed by atoms with Crippen LogP contribution in [0.3, 0.4) is 0 Å². The van der Waals surface area contributed by atoms with Gasteiger partial charge in [-0.2, -0.15) is 0 Å². The molecule has 190 valence electrons. The summed E-state index contributed by atoms with van der Waals surface area (Å²) in [5.41, 5.74) is 3.69. The van der Waals surface area contributed by atoms with Crippen molar-refractivity contribution >= 4 is 33.4 Å². The van der Waals surface area contributed by atoms with Crippen molar-refractivity contribution in [1.82, 2.24) is 9.38 Å². The van der Waals surface area contributed by atoms with Crippen LogP contribution in [0.25, 0.3) is 22.1 Å². The van der Waals surface area contributed by atoms with E-state index in [1.165, 1.54) is 16.9 Å². The molecular formula is C30H30N2O4S. The van der Waals surface area contributed by atoms with Gasteiger partial charge in [0.1, 0.15) is 5.75 Å². The molecule has 2 heterocycles. The molecule has 0 saturated carbocycles. The zero-order valence-corrected chi connectivity index (χ0v) is 22.1.